The lowest BCUT2D eigenvalue weighted by molar-refractivity contribution is 0.106. The van der Waals surface area contributed by atoms with E-state index in [9.17, 15) is 0 Å². The fourth-order valence-corrected chi connectivity index (χ4v) is 1.98. The summed E-state index contributed by atoms with van der Waals surface area (Å²) in [6.07, 6.45) is 1.09. The molecule has 0 bridgehead atoms. The van der Waals surface area contributed by atoms with Gasteiger partial charge in [-0.1, -0.05) is 37.3 Å². The van der Waals surface area contributed by atoms with E-state index in [-0.39, 0.29) is 0 Å². The molecule has 0 aliphatic rings. The lowest BCUT2D eigenvalue weighted by atomic mass is 10.1. The smallest absolute Gasteiger partial charge is 0.0630 e. The highest BCUT2D eigenvalue weighted by Gasteiger charge is 2.13. The van der Waals surface area contributed by atoms with Crippen molar-refractivity contribution in [1.29, 1.82) is 0 Å². The van der Waals surface area contributed by atoms with Crippen LogP contribution in [0.1, 0.15) is 12.5 Å². The van der Waals surface area contributed by atoms with Gasteiger partial charge in [-0.15, -0.1) is 0 Å². The number of nitrogens with one attached hydrogen (secondary N) is 1. The molecule has 0 radical (unpaired) electrons. The second kappa shape index (κ2) is 9.09. The van der Waals surface area contributed by atoms with Gasteiger partial charge < -0.3 is 10.1 Å². The zero-order valence-corrected chi connectivity index (χ0v) is 11.9. The summed E-state index contributed by atoms with van der Waals surface area (Å²) < 4.78 is 5.29. The molecule has 0 spiro atoms. The number of benzene rings is 1. The Morgan fingerprint density at radius 3 is 2.61 bits per heavy atom. The van der Waals surface area contributed by atoms with E-state index >= 15 is 0 Å². The van der Waals surface area contributed by atoms with Crippen molar-refractivity contribution < 1.29 is 4.74 Å². The van der Waals surface area contributed by atoms with Gasteiger partial charge in [0, 0.05) is 26.2 Å². The highest BCUT2D eigenvalue weighted by Crippen LogP contribution is 2.03. The Morgan fingerprint density at radius 2 is 2.00 bits per heavy atom. The minimum Gasteiger partial charge on any atom is -0.383 e. The Hall–Kier alpha value is -0.900. The van der Waals surface area contributed by atoms with Crippen molar-refractivity contribution in [3.8, 4) is 0 Å². The Kier molecular flexibility index (Phi) is 7.65. The molecule has 0 aromatic heterocycles. The molecule has 1 atom stereocenters. The lowest BCUT2D eigenvalue weighted by Gasteiger charge is -2.27. The van der Waals surface area contributed by atoms with Crippen LogP contribution in [0, 0.1) is 0 Å². The van der Waals surface area contributed by atoms with Crippen LogP contribution in [0.25, 0.3) is 0 Å². The monoisotopic (exact) mass is 250 g/mol. The third-order valence-corrected chi connectivity index (χ3v) is 3.21. The molecule has 0 amide bonds. The Bertz CT molecular complexity index is 303. The Balaban J connectivity index is 2.38. The van der Waals surface area contributed by atoms with Gasteiger partial charge >= 0.3 is 0 Å². The lowest BCUT2D eigenvalue weighted by Crippen LogP contribution is -2.43. The third-order valence-electron chi connectivity index (χ3n) is 3.21. The van der Waals surface area contributed by atoms with E-state index in [0.717, 1.165) is 32.7 Å². The summed E-state index contributed by atoms with van der Waals surface area (Å²) in [4.78, 5) is 2.37. The van der Waals surface area contributed by atoms with Crippen LogP contribution in [0.15, 0.2) is 30.3 Å². The van der Waals surface area contributed by atoms with Crippen LogP contribution in [-0.4, -0.2) is 51.3 Å². The van der Waals surface area contributed by atoms with Crippen LogP contribution in [0.5, 0.6) is 0 Å². The van der Waals surface area contributed by atoms with Crippen molar-refractivity contribution in [3.63, 3.8) is 0 Å². The average molecular weight is 250 g/mol. The van der Waals surface area contributed by atoms with Crippen molar-refractivity contribution in [1.82, 2.24) is 10.2 Å². The average Bonchev–Trinajstić information content (AvgIpc) is 2.42. The first-order chi connectivity index (χ1) is 8.77. The summed E-state index contributed by atoms with van der Waals surface area (Å²) in [6, 6.07) is 11.1. The van der Waals surface area contributed by atoms with E-state index in [1.54, 1.807) is 7.11 Å². The van der Waals surface area contributed by atoms with Crippen molar-refractivity contribution in [3.05, 3.63) is 35.9 Å². The van der Waals surface area contributed by atoms with Crippen molar-refractivity contribution in [2.45, 2.75) is 19.4 Å². The summed E-state index contributed by atoms with van der Waals surface area (Å²) in [5, 5.41) is 3.39. The van der Waals surface area contributed by atoms with Crippen molar-refractivity contribution in [2.75, 3.05) is 40.4 Å². The van der Waals surface area contributed by atoms with Crippen LogP contribution >= 0.6 is 0 Å². The topological polar surface area (TPSA) is 24.5 Å². The fraction of sp³-hybridized carbons (Fsp3) is 0.600. The molecule has 0 fully saturated rings. The predicted molar refractivity (Wildman–Crippen MR) is 77.0 cm³/mol. The van der Waals surface area contributed by atoms with Gasteiger partial charge in [0.05, 0.1) is 6.61 Å². The molecule has 1 rings (SSSR count). The van der Waals surface area contributed by atoms with Gasteiger partial charge in [-0.05, 0) is 25.6 Å². The summed E-state index contributed by atoms with van der Waals surface area (Å²) in [5.41, 5.74) is 1.39. The summed E-state index contributed by atoms with van der Waals surface area (Å²) >= 11 is 0. The number of likely N-dealkylation sites (N-methyl/N-ethyl adjacent to an activating group) is 2. The van der Waals surface area contributed by atoms with Crippen LogP contribution in [0.3, 0.4) is 0 Å². The first-order valence-electron chi connectivity index (χ1n) is 6.71. The summed E-state index contributed by atoms with van der Waals surface area (Å²) in [5.74, 6) is 0. The van der Waals surface area contributed by atoms with E-state index in [4.69, 9.17) is 4.74 Å². The summed E-state index contributed by atoms with van der Waals surface area (Å²) in [7, 11) is 3.94. The molecule has 18 heavy (non-hydrogen) atoms. The van der Waals surface area contributed by atoms with Crippen LogP contribution in [-0.2, 0) is 11.2 Å². The maximum atomic E-state index is 5.29. The second-order valence-corrected chi connectivity index (χ2v) is 4.63. The van der Waals surface area contributed by atoms with E-state index in [0.29, 0.717) is 6.04 Å². The molecule has 0 saturated heterocycles. The van der Waals surface area contributed by atoms with E-state index in [1.165, 1.54) is 5.56 Å². The molecular weight excluding hydrogens is 224 g/mol. The van der Waals surface area contributed by atoms with Gasteiger partial charge in [0.2, 0.25) is 0 Å². The van der Waals surface area contributed by atoms with E-state index in [1.807, 2.05) is 0 Å². The molecule has 1 aromatic carbocycles. The van der Waals surface area contributed by atoms with Gasteiger partial charge in [0.25, 0.3) is 0 Å². The normalized spacial score (nSPS) is 12.9. The quantitative estimate of drug-likeness (QED) is 0.723. The summed E-state index contributed by atoms with van der Waals surface area (Å²) in [6.45, 7) is 5.96. The van der Waals surface area contributed by atoms with Gasteiger partial charge in [0.15, 0.2) is 0 Å². The molecule has 1 unspecified atom stereocenters. The fourth-order valence-electron chi connectivity index (χ4n) is 1.98. The predicted octanol–water partition coefficient (Wildman–Crippen LogP) is 1.79. The zero-order chi connectivity index (χ0) is 13.2. The van der Waals surface area contributed by atoms with Crippen molar-refractivity contribution >= 4 is 0 Å². The maximum Gasteiger partial charge on any atom is 0.0630 e. The molecule has 0 heterocycles. The number of methoxy groups -OCH3 is 1. The minimum atomic E-state index is 0.443. The Labute approximate surface area is 111 Å². The molecule has 1 aromatic rings. The Morgan fingerprint density at radius 1 is 1.28 bits per heavy atom. The van der Waals surface area contributed by atoms with Gasteiger partial charge in [-0.25, -0.2) is 0 Å². The zero-order valence-electron chi connectivity index (χ0n) is 11.9. The van der Waals surface area contributed by atoms with Gasteiger partial charge in [0.1, 0.15) is 0 Å². The molecule has 0 saturated carbocycles. The van der Waals surface area contributed by atoms with Gasteiger partial charge in [-0.3, -0.25) is 4.90 Å². The molecule has 0 aliphatic carbocycles. The number of ether oxygens (including phenoxy) is 1. The largest absolute Gasteiger partial charge is 0.383 e. The van der Waals surface area contributed by atoms with E-state index < -0.39 is 0 Å². The first kappa shape index (κ1) is 15.2. The molecule has 102 valence electrons. The molecule has 3 heteroatoms. The molecule has 3 nitrogen and oxygen atoms in total. The highest BCUT2D eigenvalue weighted by atomic mass is 16.5. The molecule has 0 aliphatic heterocycles. The molecule has 1 N–H and O–H groups in total. The van der Waals surface area contributed by atoms with Crippen molar-refractivity contribution in [2.24, 2.45) is 0 Å². The highest BCUT2D eigenvalue weighted by molar-refractivity contribution is 5.14. The van der Waals surface area contributed by atoms with Crippen LogP contribution in [0.4, 0.5) is 0 Å². The number of nitrogens with zero attached hydrogens (tertiary/aromatic N) is 1. The van der Waals surface area contributed by atoms with Gasteiger partial charge in [-0.2, -0.15) is 0 Å². The van der Waals surface area contributed by atoms with Crippen LogP contribution < -0.4 is 5.32 Å². The van der Waals surface area contributed by atoms with E-state index in [2.05, 4.69) is 54.5 Å². The minimum absolute atomic E-state index is 0.443. The maximum absolute atomic E-state index is 5.29. The van der Waals surface area contributed by atoms with Crippen LogP contribution in [0.2, 0.25) is 0 Å². The molecular formula is C15H26N2O. The second-order valence-electron chi connectivity index (χ2n) is 4.63. The standard InChI is InChI=1S/C15H26N2O/c1-4-16-12-15(13-18-3)17(2)11-10-14-8-6-5-7-9-14/h5-9,15-16H,4,10-13H2,1-3H3. The third kappa shape index (κ3) is 5.63. The number of hydrogen-bond donors (Lipinski definition) is 1. The first-order valence-corrected chi connectivity index (χ1v) is 6.71. The number of rotatable bonds is 9. The SMILES string of the molecule is CCNCC(COC)N(C)CCc1ccccc1. The number of hydrogen-bond acceptors (Lipinski definition) is 3.